The Kier molecular flexibility index (Phi) is 23.9. The molecule has 0 aromatic carbocycles. The van der Waals surface area contributed by atoms with Gasteiger partial charge >= 0.3 is 23.9 Å². The molecule has 2 atom stereocenters. The van der Waals surface area contributed by atoms with Gasteiger partial charge in [-0.25, -0.2) is 0 Å². The average molecular weight is 989 g/mol. The summed E-state index contributed by atoms with van der Waals surface area (Å²) in [5.41, 5.74) is 6.32. The Labute approximate surface area is 431 Å². The van der Waals surface area contributed by atoms with Crippen LogP contribution in [0, 0.1) is 22.7 Å². The summed E-state index contributed by atoms with van der Waals surface area (Å²) in [7, 11) is 0. The molecule has 10 nitrogen and oxygen atoms in total. The van der Waals surface area contributed by atoms with Crippen molar-refractivity contribution in [2.45, 2.75) is 184 Å². The predicted octanol–water partition coefficient (Wildman–Crippen LogP) is 13.8. The minimum absolute atomic E-state index is 0.0529. The molecule has 2 fully saturated rings. The monoisotopic (exact) mass is 989 g/mol. The molecule has 0 radical (unpaired) electrons. The highest BCUT2D eigenvalue weighted by Crippen LogP contribution is 2.42. The molecule has 0 heterocycles. The van der Waals surface area contributed by atoms with Gasteiger partial charge in [-0.15, -0.1) is 0 Å². The molecule has 0 bridgehead atoms. The summed E-state index contributed by atoms with van der Waals surface area (Å²) in [6, 6.07) is 0. The quantitative estimate of drug-likeness (QED) is 0.0585. The SMILES string of the molecule is CC1=C(/C=C/C(C)=C/C=C/C(C)=C/C=C/C=C(C)/C=C/C=C(C)/C=C/C2=C(C)C(=O)C(OC(=O)CCC(=O)OCC3CCCCC3)CC2(C)C)C(C)(C)CC(OC(=O)CCC(=O)OCC2CCCCC2)C1=O. The van der Waals surface area contributed by atoms with Crippen LogP contribution in [0.1, 0.15) is 172 Å². The summed E-state index contributed by atoms with van der Waals surface area (Å²) in [5.74, 6) is -1.53. The van der Waals surface area contributed by atoms with Gasteiger partial charge in [-0.3, -0.25) is 28.8 Å². The molecule has 4 aliphatic carbocycles. The van der Waals surface area contributed by atoms with Crippen molar-refractivity contribution in [3.63, 3.8) is 0 Å². The summed E-state index contributed by atoms with van der Waals surface area (Å²) in [6.07, 6.45) is 38.2. The molecule has 2 unspecified atom stereocenters. The molecule has 0 aromatic rings. The highest BCUT2D eigenvalue weighted by Gasteiger charge is 2.41. The second-order valence-electron chi connectivity index (χ2n) is 21.7. The highest BCUT2D eigenvalue weighted by atomic mass is 16.6. The fourth-order valence-corrected chi connectivity index (χ4v) is 9.87. The normalized spacial score (nSPS) is 22.3. The third-order valence-electron chi connectivity index (χ3n) is 14.3. The van der Waals surface area contributed by atoms with Gasteiger partial charge in [0.05, 0.1) is 38.9 Å². The van der Waals surface area contributed by atoms with E-state index in [4.69, 9.17) is 18.9 Å². The minimum Gasteiger partial charge on any atom is -0.465 e. The van der Waals surface area contributed by atoms with Crippen LogP contribution in [0.5, 0.6) is 0 Å². The fourth-order valence-electron chi connectivity index (χ4n) is 9.87. The maximum absolute atomic E-state index is 13.3. The Balaban J connectivity index is 1.20. The molecule has 0 aromatic heterocycles. The van der Waals surface area contributed by atoms with Crippen molar-refractivity contribution in [1.82, 2.24) is 0 Å². The average Bonchev–Trinajstić information content (AvgIpc) is 3.33. The van der Waals surface area contributed by atoms with E-state index in [2.05, 4.69) is 0 Å². The van der Waals surface area contributed by atoms with E-state index < -0.39 is 46.9 Å². The van der Waals surface area contributed by atoms with Crippen molar-refractivity contribution in [2.75, 3.05) is 13.2 Å². The predicted molar refractivity (Wildman–Crippen MR) is 286 cm³/mol. The van der Waals surface area contributed by atoms with Crippen molar-refractivity contribution in [1.29, 1.82) is 0 Å². The number of carbonyl (C=O) groups is 6. The van der Waals surface area contributed by atoms with E-state index >= 15 is 0 Å². The number of ether oxygens (including phenoxy) is 4. The fraction of sp³-hybridized carbons (Fsp3) is 0.548. The van der Waals surface area contributed by atoms with Gasteiger partial charge in [0.25, 0.3) is 0 Å². The molecule has 72 heavy (non-hydrogen) atoms. The Morgan fingerprint density at radius 3 is 1.15 bits per heavy atom. The first-order chi connectivity index (χ1) is 34.1. The summed E-state index contributed by atoms with van der Waals surface area (Å²) in [6.45, 7) is 20.6. The topological polar surface area (TPSA) is 139 Å². The second kappa shape index (κ2) is 29.2. The Bertz CT molecular complexity index is 2140. The molecule has 10 heteroatoms. The largest absolute Gasteiger partial charge is 0.465 e. The van der Waals surface area contributed by atoms with Crippen LogP contribution in [0.25, 0.3) is 0 Å². The zero-order valence-corrected chi connectivity index (χ0v) is 45.2. The minimum atomic E-state index is -0.882. The maximum Gasteiger partial charge on any atom is 0.307 e. The Morgan fingerprint density at radius 1 is 0.472 bits per heavy atom. The van der Waals surface area contributed by atoms with Crippen LogP contribution in [-0.4, -0.2) is 60.9 Å². The van der Waals surface area contributed by atoms with Crippen molar-refractivity contribution in [3.05, 3.63) is 130 Å². The van der Waals surface area contributed by atoms with Gasteiger partial charge in [0.1, 0.15) is 0 Å². The third-order valence-corrected chi connectivity index (χ3v) is 14.3. The van der Waals surface area contributed by atoms with E-state index in [-0.39, 0.29) is 37.2 Å². The van der Waals surface area contributed by atoms with Crippen LogP contribution in [0.3, 0.4) is 0 Å². The van der Waals surface area contributed by atoms with Crippen LogP contribution in [-0.2, 0) is 47.7 Å². The van der Waals surface area contributed by atoms with E-state index in [0.29, 0.717) is 49.0 Å². The zero-order valence-electron chi connectivity index (χ0n) is 45.2. The van der Waals surface area contributed by atoms with Gasteiger partial charge in [-0.2, -0.15) is 0 Å². The number of Topliss-reactive ketones (excluding diaryl/α,β-unsaturated/α-hetero) is 2. The van der Waals surface area contributed by atoms with E-state index in [1.54, 1.807) is 13.8 Å². The van der Waals surface area contributed by atoms with Gasteiger partial charge < -0.3 is 18.9 Å². The molecule has 0 N–H and O–H groups in total. The number of esters is 4. The van der Waals surface area contributed by atoms with Crippen LogP contribution < -0.4 is 0 Å². The van der Waals surface area contributed by atoms with Gasteiger partial charge in [0.15, 0.2) is 23.8 Å². The molecular weight excluding hydrogens is 905 g/mol. The lowest BCUT2D eigenvalue weighted by atomic mass is 9.71. The zero-order chi connectivity index (χ0) is 52.8. The Morgan fingerprint density at radius 2 is 0.792 bits per heavy atom. The molecule has 2 saturated carbocycles. The molecule has 392 valence electrons. The summed E-state index contributed by atoms with van der Waals surface area (Å²) in [5, 5.41) is 0. The number of rotatable bonds is 22. The standard InChI is InChI=1S/C62H84O10/c1-43(23-19-25-45(3)31-33-51-47(5)59(67)53(39-61(51,7)8)71-57(65)37-35-55(63)69-41-49-27-13-11-14-28-49)21-17-18-22-44(2)24-20-26-46(4)32-34-52-48(6)60(68)54(40-62(52,9)10)72-58(66)38-36-56(64)70-42-50-29-15-12-16-30-50/h17-26,31-34,49-50,53-54H,11-16,27-30,35-42H2,1-10H3/b18-17+,23-19+,24-20+,33-31+,34-32+,43-21+,44-22+,45-25+,46-26+. The van der Waals surface area contributed by atoms with Gasteiger partial charge in [-0.05, 0) is 112 Å². The molecule has 0 saturated heterocycles. The van der Waals surface area contributed by atoms with Crippen molar-refractivity contribution in [3.8, 4) is 0 Å². The smallest absolute Gasteiger partial charge is 0.307 e. The van der Waals surface area contributed by atoms with Crippen LogP contribution in [0.2, 0.25) is 0 Å². The highest BCUT2D eigenvalue weighted by molar-refractivity contribution is 6.02. The van der Waals surface area contributed by atoms with Gasteiger partial charge in [0, 0.05) is 12.8 Å². The second-order valence-corrected chi connectivity index (χ2v) is 21.7. The summed E-state index contributed by atoms with van der Waals surface area (Å²) < 4.78 is 22.0. The lowest BCUT2D eigenvalue weighted by molar-refractivity contribution is -0.158. The van der Waals surface area contributed by atoms with Crippen LogP contribution >= 0.6 is 0 Å². The van der Waals surface area contributed by atoms with Crippen LogP contribution in [0.15, 0.2) is 130 Å². The molecule has 0 aliphatic heterocycles. The van der Waals surface area contributed by atoms with Gasteiger partial charge in [-0.1, -0.05) is 174 Å². The number of allylic oxidation sites excluding steroid dienone is 20. The molecule has 4 aliphatic rings. The third kappa shape index (κ3) is 20.1. The maximum atomic E-state index is 13.3. The summed E-state index contributed by atoms with van der Waals surface area (Å²) in [4.78, 5) is 76.5. The lowest BCUT2D eigenvalue weighted by Gasteiger charge is -2.36. The molecule has 0 amide bonds. The number of hydrogen-bond donors (Lipinski definition) is 0. The van der Waals surface area contributed by atoms with Crippen molar-refractivity contribution >= 4 is 35.4 Å². The molecule has 0 spiro atoms. The number of hydrogen-bond acceptors (Lipinski definition) is 10. The molecule has 4 rings (SSSR count). The first-order valence-corrected chi connectivity index (χ1v) is 26.4. The van der Waals surface area contributed by atoms with E-state index in [1.807, 2.05) is 140 Å². The first kappa shape index (κ1) is 58.9. The van der Waals surface area contributed by atoms with Crippen molar-refractivity contribution < 1.29 is 47.7 Å². The van der Waals surface area contributed by atoms with Crippen molar-refractivity contribution in [2.24, 2.45) is 22.7 Å². The summed E-state index contributed by atoms with van der Waals surface area (Å²) >= 11 is 0. The Hall–Kier alpha value is -5.64. The first-order valence-electron chi connectivity index (χ1n) is 26.4. The number of carbonyl (C=O) groups excluding carboxylic acids is 6. The van der Waals surface area contributed by atoms with E-state index in [9.17, 15) is 28.8 Å². The van der Waals surface area contributed by atoms with E-state index in [1.165, 1.54) is 38.5 Å². The number of ketones is 2. The lowest BCUT2D eigenvalue weighted by Crippen LogP contribution is -2.39. The van der Waals surface area contributed by atoms with Crippen LogP contribution in [0.4, 0.5) is 0 Å². The van der Waals surface area contributed by atoms with Gasteiger partial charge in [0.2, 0.25) is 0 Å². The molecular formula is C62H84O10. The van der Waals surface area contributed by atoms with E-state index in [0.717, 1.165) is 59.1 Å².